The van der Waals surface area contributed by atoms with Crippen LogP contribution in [0.5, 0.6) is 0 Å². The van der Waals surface area contributed by atoms with E-state index >= 15 is 0 Å². The molecule has 2 N–H and O–H groups in total. The van der Waals surface area contributed by atoms with Crippen molar-refractivity contribution in [2.45, 2.75) is 31.4 Å². The number of anilines is 2. The van der Waals surface area contributed by atoms with Gasteiger partial charge in [0.15, 0.2) is 0 Å². The zero-order valence-electron chi connectivity index (χ0n) is 10.5. The van der Waals surface area contributed by atoms with Crippen LogP contribution >= 0.6 is 11.8 Å². The Bertz CT molecular complexity index is 364. The van der Waals surface area contributed by atoms with Crippen LogP contribution < -0.4 is 10.6 Å². The van der Waals surface area contributed by atoms with Crippen molar-refractivity contribution in [3.8, 4) is 0 Å². The first-order valence-electron chi connectivity index (χ1n) is 6.17. The summed E-state index contributed by atoms with van der Waals surface area (Å²) in [7, 11) is 1.88. The maximum absolute atomic E-state index is 4.39. The summed E-state index contributed by atoms with van der Waals surface area (Å²) in [5, 5.41) is 7.20. The molecule has 0 saturated carbocycles. The molecular weight excluding hydrogens is 232 g/mol. The Labute approximate surface area is 107 Å². The Morgan fingerprint density at radius 2 is 2.18 bits per heavy atom. The minimum Gasteiger partial charge on any atom is -0.373 e. The molecule has 0 radical (unpaired) electrons. The summed E-state index contributed by atoms with van der Waals surface area (Å²) in [4.78, 5) is 8.67. The van der Waals surface area contributed by atoms with E-state index in [-0.39, 0.29) is 0 Å². The largest absolute Gasteiger partial charge is 0.373 e. The Morgan fingerprint density at radius 1 is 1.35 bits per heavy atom. The van der Waals surface area contributed by atoms with Gasteiger partial charge in [0.1, 0.15) is 17.5 Å². The van der Waals surface area contributed by atoms with Crippen LogP contribution in [0.25, 0.3) is 0 Å². The smallest absolute Gasteiger partial charge is 0.131 e. The number of rotatable bonds is 4. The fraction of sp³-hybridized carbons (Fsp3) is 0.667. The predicted octanol–water partition coefficient (Wildman–Crippen LogP) is 2.52. The molecule has 5 heteroatoms. The molecule has 2 rings (SSSR count). The third-order valence-corrected chi connectivity index (χ3v) is 4.28. The molecule has 0 amide bonds. The van der Waals surface area contributed by atoms with E-state index in [0.29, 0.717) is 0 Å². The lowest BCUT2D eigenvalue weighted by atomic mass is 10.2. The SMILES string of the molecule is CNc1cc(NCC2CCCCS2)nc(C)n1. The van der Waals surface area contributed by atoms with E-state index in [1.807, 2.05) is 20.0 Å². The molecule has 1 unspecified atom stereocenters. The van der Waals surface area contributed by atoms with Gasteiger partial charge >= 0.3 is 0 Å². The zero-order chi connectivity index (χ0) is 12.1. The summed E-state index contributed by atoms with van der Waals surface area (Å²) in [6.45, 7) is 2.92. The Balaban J connectivity index is 1.91. The van der Waals surface area contributed by atoms with Crippen LogP contribution in [-0.2, 0) is 0 Å². The minimum absolute atomic E-state index is 0.733. The number of thioether (sulfide) groups is 1. The summed E-state index contributed by atoms with van der Waals surface area (Å²) >= 11 is 2.08. The van der Waals surface area contributed by atoms with E-state index in [4.69, 9.17) is 0 Å². The number of nitrogens with one attached hydrogen (secondary N) is 2. The van der Waals surface area contributed by atoms with Crippen molar-refractivity contribution in [1.82, 2.24) is 9.97 Å². The van der Waals surface area contributed by atoms with Gasteiger partial charge in [-0.2, -0.15) is 11.8 Å². The van der Waals surface area contributed by atoms with Gasteiger partial charge in [0.25, 0.3) is 0 Å². The molecule has 1 aromatic heterocycles. The lowest BCUT2D eigenvalue weighted by Crippen LogP contribution is -2.20. The molecule has 1 fully saturated rings. The number of aryl methyl sites for hydroxylation is 1. The molecule has 2 heterocycles. The molecule has 1 atom stereocenters. The molecule has 17 heavy (non-hydrogen) atoms. The van der Waals surface area contributed by atoms with Crippen LogP contribution in [0, 0.1) is 6.92 Å². The molecular formula is C12H20N4S. The number of nitrogens with zero attached hydrogens (tertiary/aromatic N) is 2. The van der Waals surface area contributed by atoms with Gasteiger partial charge in [-0.1, -0.05) is 6.42 Å². The molecule has 1 aliphatic rings. The highest BCUT2D eigenvalue weighted by molar-refractivity contribution is 7.99. The van der Waals surface area contributed by atoms with Crippen LogP contribution in [0.1, 0.15) is 25.1 Å². The second-order valence-corrected chi connectivity index (χ2v) is 5.71. The minimum atomic E-state index is 0.733. The van der Waals surface area contributed by atoms with Crippen LogP contribution in [-0.4, -0.2) is 34.6 Å². The lowest BCUT2D eigenvalue weighted by Gasteiger charge is -2.21. The summed E-state index contributed by atoms with van der Waals surface area (Å²) in [6, 6.07) is 1.96. The lowest BCUT2D eigenvalue weighted by molar-refractivity contribution is 0.677. The highest BCUT2D eigenvalue weighted by Gasteiger charge is 2.13. The topological polar surface area (TPSA) is 49.8 Å². The molecule has 0 aliphatic carbocycles. The first-order chi connectivity index (χ1) is 8.28. The van der Waals surface area contributed by atoms with Gasteiger partial charge in [-0.05, 0) is 25.5 Å². The fourth-order valence-electron chi connectivity index (χ4n) is 1.97. The maximum Gasteiger partial charge on any atom is 0.131 e. The average molecular weight is 252 g/mol. The standard InChI is InChI=1S/C12H20N4S/c1-9-15-11(13-2)7-12(16-9)14-8-10-5-3-4-6-17-10/h7,10H,3-6,8H2,1-2H3,(H2,13,14,15,16). The molecule has 1 aliphatic heterocycles. The first kappa shape index (κ1) is 12.5. The van der Waals surface area contributed by atoms with Crippen molar-refractivity contribution in [2.24, 2.45) is 0 Å². The molecule has 94 valence electrons. The van der Waals surface area contributed by atoms with Crippen LogP contribution in [0.2, 0.25) is 0 Å². The third-order valence-electron chi connectivity index (χ3n) is 2.88. The summed E-state index contributed by atoms with van der Waals surface area (Å²) in [6.07, 6.45) is 4.06. The van der Waals surface area contributed by atoms with E-state index in [1.165, 1.54) is 25.0 Å². The summed E-state index contributed by atoms with van der Waals surface area (Å²) in [5.41, 5.74) is 0. The van der Waals surface area contributed by atoms with Gasteiger partial charge < -0.3 is 10.6 Å². The fourth-order valence-corrected chi connectivity index (χ4v) is 3.21. The van der Waals surface area contributed by atoms with Crippen molar-refractivity contribution < 1.29 is 0 Å². The van der Waals surface area contributed by atoms with Crippen molar-refractivity contribution in [2.75, 3.05) is 30.0 Å². The van der Waals surface area contributed by atoms with Crippen molar-refractivity contribution in [1.29, 1.82) is 0 Å². The number of aromatic nitrogens is 2. The Hall–Kier alpha value is -0.970. The average Bonchev–Trinajstić information content (AvgIpc) is 2.37. The highest BCUT2D eigenvalue weighted by Crippen LogP contribution is 2.25. The van der Waals surface area contributed by atoms with E-state index in [1.54, 1.807) is 0 Å². The van der Waals surface area contributed by atoms with E-state index < -0.39 is 0 Å². The van der Waals surface area contributed by atoms with Crippen molar-refractivity contribution in [3.63, 3.8) is 0 Å². The first-order valence-corrected chi connectivity index (χ1v) is 7.21. The highest BCUT2D eigenvalue weighted by atomic mass is 32.2. The quantitative estimate of drug-likeness (QED) is 0.862. The second kappa shape index (κ2) is 6.10. The second-order valence-electron chi connectivity index (χ2n) is 4.31. The summed E-state index contributed by atoms with van der Waals surface area (Å²) < 4.78 is 0. The van der Waals surface area contributed by atoms with Crippen molar-refractivity contribution in [3.05, 3.63) is 11.9 Å². The van der Waals surface area contributed by atoms with Gasteiger partial charge in [0.05, 0.1) is 0 Å². The maximum atomic E-state index is 4.39. The third kappa shape index (κ3) is 3.77. The van der Waals surface area contributed by atoms with Crippen LogP contribution in [0.4, 0.5) is 11.6 Å². The van der Waals surface area contributed by atoms with Gasteiger partial charge in [0.2, 0.25) is 0 Å². The number of hydrogen-bond donors (Lipinski definition) is 2. The molecule has 0 bridgehead atoms. The van der Waals surface area contributed by atoms with Gasteiger partial charge in [-0.3, -0.25) is 0 Å². The molecule has 0 aromatic carbocycles. The molecule has 0 spiro atoms. The Kier molecular flexibility index (Phi) is 4.48. The summed E-state index contributed by atoms with van der Waals surface area (Å²) in [5.74, 6) is 3.90. The number of hydrogen-bond acceptors (Lipinski definition) is 5. The Morgan fingerprint density at radius 3 is 2.88 bits per heavy atom. The van der Waals surface area contributed by atoms with Crippen LogP contribution in [0.3, 0.4) is 0 Å². The van der Waals surface area contributed by atoms with Gasteiger partial charge in [-0.25, -0.2) is 9.97 Å². The van der Waals surface area contributed by atoms with E-state index in [0.717, 1.165) is 29.3 Å². The zero-order valence-corrected chi connectivity index (χ0v) is 11.3. The van der Waals surface area contributed by atoms with Gasteiger partial charge in [0, 0.05) is 24.9 Å². The van der Waals surface area contributed by atoms with Crippen molar-refractivity contribution >= 4 is 23.4 Å². The molecule has 1 saturated heterocycles. The molecule has 4 nitrogen and oxygen atoms in total. The van der Waals surface area contributed by atoms with E-state index in [9.17, 15) is 0 Å². The molecule has 1 aromatic rings. The normalized spacial score (nSPS) is 20.0. The monoisotopic (exact) mass is 252 g/mol. The van der Waals surface area contributed by atoms with Crippen LogP contribution in [0.15, 0.2) is 6.07 Å². The van der Waals surface area contributed by atoms with E-state index in [2.05, 4.69) is 32.4 Å². The predicted molar refractivity (Wildman–Crippen MR) is 74.9 cm³/mol. The van der Waals surface area contributed by atoms with Gasteiger partial charge in [-0.15, -0.1) is 0 Å².